The second kappa shape index (κ2) is 12.6. The molecule has 0 spiro atoms. The number of aromatic nitrogens is 1. The summed E-state index contributed by atoms with van der Waals surface area (Å²) in [5.41, 5.74) is 8.29. The molecule has 174 valence electrons. The molecular formula is C22H26F5N5. The van der Waals surface area contributed by atoms with E-state index in [0.717, 1.165) is 25.5 Å². The summed E-state index contributed by atoms with van der Waals surface area (Å²) in [6.07, 6.45) is 2.26. The number of hydrazine groups is 1. The molecule has 0 bridgehead atoms. The van der Waals surface area contributed by atoms with Crippen molar-refractivity contribution in [2.75, 3.05) is 12.3 Å². The van der Waals surface area contributed by atoms with Crippen molar-refractivity contribution in [3.63, 3.8) is 0 Å². The Labute approximate surface area is 183 Å². The van der Waals surface area contributed by atoms with Gasteiger partial charge in [-0.15, -0.1) is 0 Å². The zero-order valence-electron chi connectivity index (χ0n) is 18.0. The maximum absolute atomic E-state index is 13.3. The van der Waals surface area contributed by atoms with Crippen molar-refractivity contribution in [2.24, 2.45) is 10.8 Å². The standard InChI is InChI=1S/C17H16F5N5.C5H10/c1-9(18)14(19)8-26-16(27-24)13-6-11(7-25-15(13)23)10-2-4-12(5-3-10)17(20,21)22;1-3-5-4-2/h2-7H,8,24H2,1H3,(H2,23,25)(H,26,27);3,5H,4H2,1-2H3/b14-9-;5-3-. The Kier molecular flexibility index (Phi) is 10.5. The van der Waals surface area contributed by atoms with Gasteiger partial charge in [-0.2, -0.15) is 13.2 Å². The van der Waals surface area contributed by atoms with E-state index >= 15 is 0 Å². The number of alkyl halides is 3. The summed E-state index contributed by atoms with van der Waals surface area (Å²) in [4.78, 5) is 7.77. The number of anilines is 1. The van der Waals surface area contributed by atoms with Gasteiger partial charge in [0, 0.05) is 11.8 Å². The summed E-state index contributed by atoms with van der Waals surface area (Å²) >= 11 is 0. The number of halogens is 5. The largest absolute Gasteiger partial charge is 0.416 e. The Morgan fingerprint density at radius 3 is 2.22 bits per heavy atom. The molecular weight excluding hydrogens is 429 g/mol. The van der Waals surface area contributed by atoms with Gasteiger partial charge in [-0.05, 0) is 44.0 Å². The molecule has 1 aromatic heterocycles. The van der Waals surface area contributed by atoms with Crippen LogP contribution in [-0.4, -0.2) is 17.4 Å². The van der Waals surface area contributed by atoms with E-state index < -0.39 is 29.9 Å². The predicted molar refractivity (Wildman–Crippen MR) is 118 cm³/mol. The maximum atomic E-state index is 13.3. The lowest BCUT2D eigenvalue weighted by atomic mass is 10.0. The number of nitrogens with one attached hydrogen (secondary N) is 1. The molecule has 1 aromatic carbocycles. The Hall–Kier alpha value is -3.27. The van der Waals surface area contributed by atoms with Crippen molar-refractivity contribution in [2.45, 2.75) is 33.4 Å². The highest BCUT2D eigenvalue weighted by Gasteiger charge is 2.30. The van der Waals surface area contributed by atoms with E-state index in [4.69, 9.17) is 11.6 Å². The van der Waals surface area contributed by atoms with Gasteiger partial charge in [-0.25, -0.2) is 19.6 Å². The highest BCUT2D eigenvalue weighted by Crippen LogP contribution is 2.31. The van der Waals surface area contributed by atoms with Crippen LogP contribution in [0.15, 0.2) is 65.3 Å². The number of aliphatic imine (C=N–C) groups is 1. The van der Waals surface area contributed by atoms with Gasteiger partial charge in [0.25, 0.3) is 0 Å². The van der Waals surface area contributed by atoms with Crippen molar-refractivity contribution in [3.8, 4) is 11.1 Å². The average Bonchev–Trinajstić information content (AvgIpc) is 2.75. The van der Waals surface area contributed by atoms with E-state index in [1.165, 1.54) is 24.4 Å². The van der Waals surface area contributed by atoms with Gasteiger partial charge in [0.05, 0.1) is 17.7 Å². The lowest BCUT2D eigenvalue weighted by Gasteiger charge is -2.11. The molecule has 0 aliphatic rings. The van der Waals surface area contributed by atoms with Crippen LogP contribution in [0.1, 0.15) is 38.3 Å². The van der Waals surface area contributed by atoms with E-state index in [1.807, 2.05) is 6.92 Å². The van der Waals surface area contributed by atoms with Gasteiger partial charge in [0.2, 0.25) is 0 Å². The molecule has 1 heterocycles. The fourth-order valence-corrected chi connectivity index (χ4v) is 2.38. The highest BCUT2D eigenvalue weighted by atomic mass is 19.4. The molecule has 0 unspecified atom stereocenters. The van der Waals surface area contributed by atoms with E-state index in [1.54, 1.807) is 0 Å². The van der Waals surface area contributed by atoms with E-state index in [0.29, 0.717) is 11.1 Å². The van der Waals surface area contributed by atoms with E-state index in [2.05, 4.69) is 34.5 Å². The number of nitrogens with zero attached hydrogens (tertiary/aromatic N) is 2. The minimum absolute atomic E-state index is 0.00344. The summed E-state index contributed by atoms with van der Waals surface area (Å²) < 4.78 is 64.1. The second-order valence-corrected chi connectivity index (χ2v) is 6.46. The number of rotatable bonds is 5. The van der Waals surface area contributed by atoms with Gasteiger partial charge in [-0.3, -0.25) is 4.99 Å². The van der Waals surface area contributed by atoms with Crippen LogP contribution in [0.5, 0.6) is 0 Å². The summed E-state index contributed by atoms with van der Waals surface area (Å²) in [7, 11) is 0. The Balaban J connectivity index is 0.000000920. The molecule has 0 fully saturated rings. The molecule has 2 aromatic rings. The number of nitrogen functional groups attached to an aromatic ring is 1. The third-order valence-electron chi connectivity index (χ3n) is 4.08. The first-order valence-electron chi connectivity index (χ1n) is 9.61. The van der Waals surface area contributed by atoms with Crippen LogP contribution in [0.4, 0.5) is 27.8 Å². The quantitative estimate of drug-likeness (QED) is 0.135. The average molecular weight is 455 g/mol. The fraction of sp³-hybridized carbons (Fsp3) is 0.273. The molecule has 0 atom stereocenters. The van der Waals surface area contributed by atoms with Gasteiger partial charge >= 0.3 is 6.18 Å². The zero-order valence-corrected chi connectivity index (χ0v) is 18.0. The molecule has 0 radical (unpaired) electrons. The summed E-state index contributed by atoms with van der Waals surface area (Å²) in [5, 5.41) is 0. The smallest absolute Gasteiger partial charge is 0.383 e. The number of amidine groups is 1. The van der Waals surface area contributed by atoms with E-state index in [9.17, 15) is 22.0 Å². The molecule has 5 nitrogen and oxygen atoms in total. The molecule has 10 heteroatoms. The Morgan fingerprint density at radius 1 is 1.16 bits per heavy atom. The Morgan fingerprint density at radius 2 is 1.78 bits per heavy atom. The van der Waals surface area contributed by atoms with Crippen LogP contribution < -0.4 is 17.0 Å². The lowest BCUT2D eigenvalue weighted by Crippen LogP contribution is -2.32. The van der Waals surface area contributed by atoms with Crippen LogP contribution >= 0.6 is 0 Å². The number of hydrogen-bond donors (Lipinski definition) is 3. The van der Waals surface area contributed by atoms with Crippen LogP contribution in [0.3, 0.4) is 0 Å². The first-order chi connectivity index (χ1) is 15.0. The summed E-state index contributed by atoms with van der Waals surface area (Å²) in [6.45, 7) is 4.50. The maximum Gasteiger partial charge on any atom is 0.416 e. The summed E-state index contributed by atoms with van der Waals surface area (Å²) in [5.74, 6) is 3.23. The predicted octanol–water partition coefficient (Wildman–Crippen LogP) is 5.70. The van der Waals surface area contributed by atoms with E-state index in [-0.39, 0.29) is 17.2 Å². The number of allylic oxidation sites excluding steroid dienone is 3. The lowest BCUT2D eigenvalue weighted by molar-refractivity contribution is -0.137. The highest BCUT2D eigenvalue weighted by molar-refractivity contribution is 6.03. The SMILES string of the molecule is C/C(F)=C(/F)CN=C(NN)c1cc(-c2ccc(C(F)(F)F)cc2)cnc1N.C/C=C\CC. The first kappa shape index (κ1) is 26.8. The topological polar surface area (TPSA) is 89.3 Å². The second-order valence-electron chi connectivity index (χ2n) is 6.46. The third-order valence-corrected chi connectivity index (χ3v) is 4.08. The molecule has 0 aliphatic carbocycles. The van der Waals surface area contributed by atoms with Gasteiger partial charge in [-0.1, -0.05) is 31.2 Å². The van der Waals surface area contributed by atoms with Crippen molar-refractivity contribution in [3.05, 3.63) is 71.5 Å². The van der Waals surface area contributed by atoms with Crippen molar-refractivity contribution in [1.82, 2.24) is 10.4 Å². The normalized spacial score (nSPS) is 12.8. The van der Waals surface area contributed by atoms with Gasteiger partial charge in [0.15, 0.2) is 5.83 Å². The van der Waals surface area contributed by atoms with Crippen LogP contribution in [0, 0.1) is 0 Å². The molecule has 0 saturated carbocycles. The Bertz CT molecular complexity index is 960. The van der Waals surface area contributed by atoms with Crippen LogP contribution in [0.2, 0.25) is 0 Å². The number of nitrogens with two attached hydrogens (primary N) is 2. The van der Waals surface area contributed by atoms with Crippen LogP contribution in [0.25, 0.3) is 11.1 Å². The molecule has 32 heavy (non-hydrogen) atoms. The zero-order chi connectivity index (χ0) is 24.3. The molecule has 2 rings (SSSR count). The molecule has 0 saturated heterocycles. The van der Waals surface area contributed by atoms with Crippen LogP contribution in [-0.2, 0) is 6.18 Å². The number of benzene rings is 1. The first-order valence-corrected chi connectivity index (χ1v) is 9.61. The van der Waals surface area contributed by atoms with Gasteiger partial charge < -0.3 is 11.2 Å². The van der Waals surface area contributed by atoms with Gasteiger partial charge in [0.1, 0.15) is 17.5 Å². The summed E-state index contributed by atoms with van der Waals surface area (Å²) in [6, 6.07) is 5.91. The minimum atomic E-state index is -4.45. The van der Waals surface area contributed by atoms with Crippen molar-refractivity contribution in [1.29, 1.82) is 0 Å². The monoisotopic (exact) mass is 455 g/mol. The molecule has 5 N–H and O–H groups in total. The van der Waals surface area contributed by atoms with Crippen molar-refractivity contribution >= 4 is 11.7 Å². The molecule has 0 aliphatic heterocycles. The van der Waals surface area contributed by atoms with Crippen molar-refractivity contribution < 1.29 is 22.0 Å². The fourth-order valence-electron chi connectivity index (χ4n) is 2.38. The minimum Gasteiger partial charge on any atom is -0.383 e. The number of pyridine rings is 1. The molecule has 0 amide bonds. The number of hydrogen-bond acceptors (Lipinski definition) is 4. The third kappa shape index (κ3) is 8.10.